The van der Waals surface area contributed by atoms with Crippen molar-refractivity contribution in [3.05, 3.63) is 24.5 Å². The first-order chi connectivity index (χ1) is 9.80. The third kappa shape index (κ3) is 3.11. The van der Waals surface area contributed by atoms with Crippen LogP contribution in [0.4, 0.5) is 0 Å². The normalized spacial score (nSPS) is 30.1. The summed E-state index contributed by atoms with van der Waals surface area (Å²) in [4.78, 5) is 6.49. The first-order valence-corrected chi connectivity index (χ1v) is 7.22. The van der Waals surface area contributed by atoms with Crippen LogP contribution in [0.5, 0.6) is 5.75 Å². The van der Waals surface area contributed by atoms with Gasteiger partial charge in [-0.2, -0.15) is 0 Å². The molecule has 2 aliphatic heterocycles. The molecule has 1 spiro atoms. The number of nitrogens with zero attached hydrogens (tertiary/aromatic N) is 2. The van der Waals surface area contributed by atoms with Crippen LogP contribution in [0, 0.1) is 0 Å². The summed E-state index contributed by atoms with van der Waals surface area (Å²) in [6.07, 6.45) is 5.70. The number of hydrogen-bond acceptors (Lipinski definition) is 5. The maximum atomic E-state index is 6.07. The molecular weight excluding hydrogens is 256 g/mol. The fourth-order valence-electron chi connectivity index (χ4n) is 3.11. The van der Waals surface area contributed by atoms with Gasteiger partial charge in [0.1, 0.15) is 11.9 Å². The second-order valence-electron chi connectivity index (χ2n) is 5.65. The van der Waals surface area contributed by atoms with E-state index in [9.17, 15) is 0 Å². The number of rotatable bonds is 5. The van der Waals surface area contributed by atoms with Gasteiger partial charge in [-0.15, -0.1) is 0 Å². The van der Waals surface area contributed by atoms with E-state index in [1.165, 1.54) is 0 Å². The standard InChI is InChI=1S/C15H22N2O3/c1-18-8-7-17-6-4-15(12-17)9-14(11-19-15)20-13-3-2-5-16-10-13/h2-3,5,10,14H,4,6-9,11-12H2,1H3/t14-,15+/m0/s1. The van der Waals surface area contributed by atoms with Crippen LogP contribution in [-0.2, 0) is 9.47 Å². The van der Waals surface area contributed by atoms with Gasteiger partial charge in [0, 0.05) is 39.4 Å². The van der Waals surface area contributed by atoms with Crippen molar-refractivity contribution >= 4 is 0 Å². The van der Waals surface area contributed by atoms with Crippen LogP contribution >= 0.6 is 0 Å². The topological polar surface area (TPSA) is 43.8 Å². The van der Waals surface area contributed by atoms with Crippen molar-refractivity contribution in [1.29, 1.82) is 0 Å². The molecule has 5 heteroatoms. The minimum atomic E-state index is -0.0133. The molecule has 0 radical (unpaired) electrons. The smallest absolute Gasteiger partial charge is 0.138 e. The monoisotopic (exact) mass is 278 g/mol. The summed E-state index contributed by atoms with van der Waals surface area (Å²) in [5.41, 5.74) is -0.0133. The van der Waals surface area contributed by atoms with E-state index in [1.807, 2.05) is 12.1 Å². The molecule has 0 aromatic carbocycles. The second-order valence-corrected chi connectivity index (χ2v) is 5.65. The van der Waals surface area contributed by atoms with Crippen molar-refractivity contribution in [2.75, 3.05) is 40.0 Å². The third-order valence-corrected chi connectivity index (χ3v) is 4.12. The summed E-state index contributed by atoms with van der Waals surface area (Å²) < 4.78 is 17.2. The lowest BCUT2D eigenvalue weighted by atomic mass is 9.98. The fourth-order valence-corrected chi connectivity index (χ4v) is 3.11. The van der Waals surface area contributed by atoms with Crippen LogP contribution in [0.15, 0.2) is 24.5 Å². The highest BCUT2D eigenvalue weighted by molar-refractivity contribution is 5.16. The molecule has 0 aliphatic carbocycles. The zero-order valence-electron chi connectivity index (χ0n) is 12.0. The molecule has 3 rings (SSSR count). The van der Waals surface area contributed by atoms with Gasteiger partial charge in [-0.25, -0.2) is 0 Å². The van der Waals surface area contributed by atoms with Crippen LogP contribution < -0.4 is 4.74 Å². The van der Waals surface area contributed by atoms with Crippen LogP contribution in [-0.4, -0.2) is 61.5 Å². The number of likely N-dealkylation sites (tertiary alicyclic amines) is 1. The first-order valence-electron chi connectivity index (χ1n) is 7.22. The number of aromatic nitrogens is 1. The van der Waals surface area contributed by atoms with E-state index in [4.69, 9.17) is 14.2 Å². The quantitative estimate of drug-likeness (QED) is 0.813. The maximum absolute atomic E-state index is 6.07. The molecule has 1 aromatic heterocycles. The lowest BCUT2D eigenvalue weighted by Gasteiger charge is -2.23. The molecule has 0 amide bonds. The molecule has 2 fully saturated rings. The largest absolute Gasteiger partial charge is 0.486 e. The Labute approximate surface area is 119 Å². The van der Waals surface area contributed by atoms with E-state index in [0.29, 0.717) is 6.61 Å². The summed E-state index contributed by atoms with van der Waals surface area (Å²) in [5.74, 6) is 0.826. The summed E-state index contributed by atoms with van der Waals surface area (Å²) >= 11 is 0. The number of methoxy groups -OCH3 is 1. The number of ether oxygens (including phenoxy) is 3. The molecule has 0 saturated carbocycles. The highest BCUT2D eigenvalue weighted by Crippen LogP contribution is 2.36. The maximum Gasteiger partial charge on any atom is 0.138 e. The van der Waals surface area contributed by atoms with Crippen LogP contribution in [0.1, 0.15) is 12.8 Å². The predicted octanol–water partition coefficient (Wildman–Crippen LogP) is 1.34. The molecule has 2 aliphatic rings. The highest BCUT2D eigenvalue weighted by Gasteiger charge is 2.46. The Balaban J connectivity index is 1.52. The van der Waals surface area contributed by atoms with E-state index < -0.39 is 0 Å². The third-order valence-electron chi connectivity index (χ3n) is 4.12. The zero-order valence-corrected chi connectivity index (χ0v) is 12.0. The fraction of sp³-hybridized carbons (Fsp3) is 0.667. The van der Waals surface area contributed by atoms with Crippen LogP contribution in [0.3, 0.4) is 0 Å². The number of pyridine rings is 1. The van der Waals surface area contributed by atoms with E-state index in [-0.39, 0.29) is 11.7 Å². The number of hydrogen-bond donors (Lipinski definition) is 0. The molecule has 5 nitrogen and oxygen atoms in total. The van der Waals surface area contributed by atoms with Gasteiger partial charge in [0.05, 0.1) is 25.0 Å². The van der Waals surface area contributed by atoms with Gasteiger partial charge in [-0.1, -0.05) is 0 Å². The molecule has 1 aromatic rings. The molecule has 2 saturated heterocycles. The van der Waals surface area contributed by atoms with Crippen molar-refractivity contribution in [1.82, 2.24) is 9.88 Å². The van der Waals surface area contributed by atoms with E-state index in [0.717, 1.165) is 44.8 Å². The molecule has 0 unspecified atom stereocenters. The minimum Gasteiger partial charge on any atom is -0.486 e. The van der Waals surface area contributed by atoms with Crippen molar-refractivity contribution in [3.8, 4) is 5.75 Å². The highest BCUT2D eigenvalue weighted by atomic mass is 16.6. The van der Waals surface area contributed by atoms with Crippen LogP contribution in [0.25, 0.3) is 0 Å². The van der Waals surface area contributed by atoms with E-state index >= 15 is 0 Å². The molecule has 0 bridgehead atoms. The molecule has 110 valence electrons. The molecular formula is C15H22N2O3. The average Bonchev–Trinajstić information content (AvgIpc) is 3.05. The Morgan fingerprint density at radius 3 is 3.30 bits per heavy atom. The van der Waals surface area contributed by atoms with Gasteiger partial charge >= 0.3 is 0 Å². The van der Waals surface area contributed by atoms with Gasteiger partial charge in [0.15, 0.2) is 0 Å². The van der Waals surface area contributed by atoms with Crippen molar-refractivity contribution in [2.24, 2.45) is 0 Å². The van der Waals surface area contributed by atoms with Gasteiger partial charge in [0.2, 0.25) is 0 Å². The van der Waals surface area contributed by atoms with E-state index in [1.54, 1.807) is 19.5 Å². The van der Waals surface area contributed by atoms with E-state index in [2.05, 4.69) is 9.88 Å². The Hall–Kier alpha value is -1.17. The molecule has 20 heavy (non-hydrogen) atoms. The van der Waals surface area contributed by atoms with Crippen molar-refractivity contribution < 1.29 is 14.2 Å². The Kier molecular flexibility index (Phi) is 4.19. The van der Waals surface area contributed by atoms with Crippen molar-refractivity contribution in [2.45, 2.75) is 24.5 Å². The summed E-state index contributed by atoms with van der Waals surface area (Å²) in [5, 5.41) is 0. The Morgan fingerprint density at radius 1 is 1.55 bits per heavy atom. The molecule has 3 heterocycles. The van der Waals surface area contributed by atoms with Crippen LogP contribution in [0.2, 0.25) is 0 Å². The average molecular weight is 278 g/mol. The lowest BCUT2D eigenvalue weighted by Crippen LogP contribution is -2.34. The Bertz CT molecular complexity index is 428. The first kappa shape index (κ1) is 13.8. The lowest BCUT2D eigenvalue weighted by molar-refractivity contribution is 0.00836. The summed E-state index contributed by atoms with van der Waals surface area (Å²) in [6, 6.07) is 3.83. The van der Waals surface area contributed by atoms with Gasteiger partial charge < -0.3 is 14.2 Å². The molecule has 0 N–H and O–H groups in total. The van der Waals surface area contributed by atoms with Gasteiger partial charge in [-0.3, -0.25) is 9.88 Å². The summed E-state index contributed by atoms with van der Waals surface area (Å²) in [7, 11) is 1.75. The predicted molar refractivity (Wildman–Crippen MR) is 74.9 cm³/mol. The molecule has 2 atom stereocenters. The zero-order chi connectivity index (χ0) is 13.8. The summed E-state index contributed by atoms with van der Waals surface area (Å²) in [6.45, 7) is 4.51. The SMILES string of the molecule is COCCN1CC[C@@]2(C[C@H](Oc3cccnc3)CO2)C1. The second kappa shape index (κ2) is 6.08. The van der Waals surface area contributed by atoms with Gasteiger partial charge in [0.25, 0.3) is 0 Å². The van der Waals surface area contributed by atoms with Gasteiger partial charge in [-0.05, 0) is 18.6 Å². The minimum absolute atomic E-state index is 0.0133. The van der Waals surface area contributed by atoms with Crippen molar-refractivity contribution in [3.63, 3.8) is 0 Å². The Morgan fingerprint density at radius 2 is 2.50 bits per heavy atom.